The largest absolute Gasteiger partial charge is 0.508 e. The van der Waals surface area contributed by atoms with Crippen LogP contribution < -0.4 is 15.1 Å². The topological polar surface area (TPSA) is 57.0 Å². The Balaban J connectivity index is 1.31. The number of anilines is 2. The van der Waals surface area contributed by atoms with E-state index in [4.69, 9.17) is 0 Å². The minimum Gasteiger partial charge on any atom is -0.508 e. The summed E-state index contributed by atoms with van der Waals surface area (Å²) in [7, 11) is 0. The molecule has 5 heteroatoms. The molecule has 154 valence electrons. The number of hydrogen-bond acceptors (Lipinski definition) is 3. The standard InChI is InChI=1S/C25H27N3O2/c29-23-12-10-22(11-13-23)28-16-14-27(15-17-28)19-25(30)26-24-9-5-4-8-21(24)18-20-6-2-1-3-7-20/h1-13,29H,14-19H2,(H,26,30)/p+1. The number of para-hydroxylation sites is 1. The van der Waals surface area contributed by atoms with E-state index in [0.717, 1.165) is 49.5 Å². The number of carbonyl (C=O) groups excluding carboxylic acids is 1. The summed E-state index contributed by atoms with van der Waals surface area (Å²) in [4.78, 5) is 16.3. The van der Waals surface area contributed by atoms with Crippen molar-refractivity contribution >= 4 is 17.3 Å². The number of quaternary nitrogens is 1. The monoisotopic (exact) mass is 402 g/mol. The molecule has 0 atom stereocenters. The molecule has 1 heterocycles. The van der Waals surface area contributed by atoms with Crippen LogP contribution >= 0.6 is 0 Å². The van der Waals surface area contributed by atoms with Crippen molar-refractivity contribution in [1.82, 2.24) is 0 Å². The fourth-order valence-corrected chi connectivity index (χ4v) is 3.96. The Morgan fingerprint density at radius 3 is 2.30 bits per heavy atom. The molecule has 0 bridgehead atoms. The molecule has 3 aromatic rings. The average Bonchev–Trinajstić information content (AvgIpc) is 2.77. The van der Waals surface area contributed by atoms with Crippen LogP contribution in [0.3, 0.4) is 0 Å². The molecule has 1 amide bonds. The van der Waals surface area contributed by atoms with Crippen molar-refractivity contribution in [3.05, 3.63) is 90.0 Å². The Morgan fingerprint density at radius 1 is 0.900 bits per heavy atom. The van der Waals surface area contributed by atoms with E-state index < -0.39 is 0 Å². The molecule has 0 saturated carbocycles. The highest BCUT2D eigenvalue weighted by Gasteiger charge is 2.22. The Hall–Kier alpha value is -3.31. The first-order valence-corrected chi connectivity index (χ1v) is 10.5. The van der Waals surface area contributed by atoms with Crippen LogP contribution in [0.15, 0.2) is 78.9 Å². The van der Waals surface area contributed by atoms with Gasteiger partial charge >= 0.3 is 0 Å². The SMILES string of the molecule is O=C(C[NH+]1CCN(c2ccc(O)cc2)CC1)Nc1ccccc1Cc1ccccc1. The lowest BCUT2D eigenvalue weighted by atomic mass is 10.0. The van der Waals surface area contributed by atoms with E-state index in [2.05, 4.69) is 28.4 Å². The zero-order chi connectivity index (χ0) is 20.8. The molecule has 0 radical (unpaired) electrons. The molecule has 0 aliphatic carbocycles. The van der Waals surface area contributed by atoms with Gasteiger partial charge in [-0.2, -0.15) is 0 Å². The summed E-state index contributed by atoms with van der Waals surface area (Å²) < 4.78 is 0. The quantitative estimate of drug-likeness (QED) is 0.593. The second-order valence-electron chi connectivity index (χ2n) is 7.80. The molecule has 3 aromatic carbocycles. The number of hydrogen-bond donors (Lipinski definition) is 3. The molecule has 30 heavy (non-hydrogen) atoms. The Labute approximate surface area is 177 Å². The molecule has 0 aromatic heterocycles. The predicted octanol–water partition coefficient (Wildman–Crippen LogP) is 2.33. The molecule has 5 nitrogen and oxygen atoms in total. The first kappa shape index (κ1) is 20.0. The van der Waals surface area contributed by atoms with Crippen LogP contribution in [-0.4, -0.2) is 43.7 Å². The molecular formula is C25H28N3O2+. The van der Waals surface area contributed by atoms with E-state index in [0.29, 0.717) is 6.54 Å². The van der Waals surface area contributed by atoms with Crippen LogP contribution in [-0.2, 0) is 11.2 Å². The van der Waals surface area contributed by atoms with Crippen LogP contribution in [0.1, 0.15) is 11.1 Å². The van der Waals surface area contributed by atoms with Crippen molar-refractivity contribution < 1.29 is 14.8 Å². The number of phenolic OH excluding ortho intramolecular Hbond substituents is 1. The summed E-state index contributed by atoms with van der Waals surface area (Å²) in [6, 6.07) is 25.7. The lowest BCUT2D eigenvalue weighted by Crippen LogP contribution is -3.15. The van der Waals surface area contributed by atoms with Crippen LogP contribution in [0, 0.1) is 0 Å². The van der Waals surface area contributed by atoms with Crippen molar-refractivity contribution in [1.29, 1.82) is 0 Å². The number of amides is 1. The highest BCUT2D eigenvalue weighted by molar-refractivity contribution is 5.92. The van der Waals surface area contributed by atoms with Gasteiger partial charge in [0.15, 0.2) is 6.54 Å². The molecule has 1 saturated heterocycles. The maximum atomic E-state index is 12.7. The third-order valence-electron chi connectivity index (χ3n) is 5.62. The van der Waals surface area contributed by atoms with Crippen LogP contribution in [0.4, 0.5) is 11.4 Å². The maximum Gasteiger partial charge on any atom is 0.279 e. The second-order valence-corrected chi connectivity index (χ2v) is 7.80. The lowest BCUT2D eigenvalue weighted by Gasteiger charge is -2.33. The van der Waals surface area contributed by atoms with Gasteiger partial charge in [-0.1, -0.05) is 48.5 Å². The van der Waals surface area contributed by atoms with E-state index in [1.807, 2.05) is 48.5 Å². The Bertz CT molecular complexity index is 965. The number of phenols is 1. The number of rotatable bonds is 6. The summed E-state index contributed by atoms with van der Waals surface area (Å²) >= 11 is 0. The van der Waals surface area contributed by atoms with Gasteiger partial charge in [0.1, 0.15) is 5.75 Å². The highest BCUT2D eigenvalue weighted by Crippen LogP contribution is 2.19. The van der Waals surface area contributed by atoms with Gasteiger partial charge in [-0.3, -0.25) is 4.79 Å². The smallest absolute Gasteiger partial charge is 0.279 e. The van der Waals surface area contributed by atoms with E-state index >= 15 is 0 Å². The molecule has 1 aliphatic rings. The van der Waals surface area contributed by atoms with Gasteiger partial charge < -0.3 is 20.2 Å². The number of benzene rings is 3. The number of aromatic hydroxyl groups is 1. The third kappa shape index (κ3) is 5.19. The maximum absolute atomic E-state index is 12.7. The molecule has 0 spiro atoms. The molecule has 0 unspecified atom stereocenters. The summed E-state index contributed by atoms with van der Waals surface area (Å²) in [5, 5.41) is 12.6. The van der Waals surface area contributed by atoms with Gasteiger partial charge in [0.05, 0.1) is 26.2 Å². The number of nitrogens with one attached hydrogen (secondary N) is 2. The van der Waals surface area contributed by atoms with Gasteiger partial charge in [0.25, 0.3) is 5.91 Å². The van der Waals surface area contributed by atoms with Crippen LogP contribution in [0.25, 0.3) is 0 Å². The van der Waals surface area contributed by atoms with Gasteiger partial charge in [-0.25, -0.2) is 0 Å². The Morgan fingerprint density at radius 2 is 1.57 bits per heavy atom. The average molecular weight is 403 g/mol. The van der Waals surface area contributed by atoms with Crippen molar-refractivity contribution in [2.75, 3.05) is 42.9 Å². The van der Waals surface area contributed by atoms with E-state index in [9.17, 15) is 9.90 Å². The van der Waals surface area contributed by atoms with E-state index in [1.165, 1.54) is 10.5 Å². The van der Waals surface area contributed by atoms with Crippen molar-refractivity contribution in [2.24, 2.45) is 0 Å². The highest BCUT2D eigenvalue weighted by atomic mass is 16.3. The molecule has 4 rings (SSSR count). The van der Waals surface area contributed by atoms with Crippen LogP contribution in [0.5, 0.6) is 5.75 Å². The molecule has 1 fully saturated rings. The first-order chi connectivity index (χ1) is 14.7. The Kier molecular flexibility index (Phi) is 6.30. The minimum absolute atomic E-state index is 0.0589. The molecular weight excluding hydrogens is 374 g/mol. The van der Waals surface area contributed by atoms with Crippen molar-refractivity contribution in [3.63, 3.8) is 0 Å². The second kappa shape index (κ2) is 9.46. The van der Waals surface area contributed by atoms with Crippen molar-refractivity contribution in [3.8, 4) is 5.75 Å². The summed E-state index contributed by atoms with van der Waals surface area (Å²) in [6.07, 6.45) is 0.801. The van der Waals surface area contributed by atoms with Gasteiger partial charge in [-0.05, 0) is 47.9 Å². The molecule has 1 aliphatic heterocycles. The molecule has 3 N–H and O–H groups in total. The zero-order valence-electron chi connectivity index (χ0n) is 17.1. The summed E-state index contributed by atoms with van der Waals surface area (Å²) in [6.45, 7) is 4.11. The zero-order valence-corrected chi connectivity index (χ0v) is 17.1. The minimum atomic E-state index is 0.0589. The number of carbonyl (C=O) groups is 1. The number of nitrogens with zero attached hydrogens (tertiary/aromatic N) is 1. The van der Waals surface area contributed by atoms with E-state index in [-0.39, 0.29) is 11.7 Å². The predicted molar refractivity (Wildman–Crippen MR) is 120 cm³/mol. The van der Waals surface area contributed by atoms with Crippen LogP contribution in [0.2, 0.25) is 0 Å². The van der Waals surface area contributed by atoms with E-state index in [1.54, 1.807) is 12.1 Å². The van der Waals surface area contributed by atoms with Gasteiger partial charge in [0.2, 0.25) is 0 Å². The first-order valence-electron chi connectivity index (χ1n) is 10.5. The third-order valence-corrected chi connectivity index (χ3v) is 5.62. The van der Waals surface area contributed by atoms with Gasteiger partial charge in [0, 0.05) is 11.4 Å². The normalized spacial score (nSPS) is 14.5. The summed E-state index contributed by atoms with van der Waals surface area (Å²) in [5.41, 5.74) is 4.37. The van der Waals surface area contributed by atoms with Crippen molar-refractivity contribution in [2.45, 2.75) is 6.42 Å². The fraction of sp³-hybridized carbons (Fsp3) is 0.240. The summed E-state index contributed by atoms with van der Waals surface area (Å²) in [5.74, 6) is 0.343. The lowest BCUT2D eigenvalue weighted by molar-refractivity contribution is -0.892. The number of piperazine rings is 1. The fourth-order valence-electron chi connectivity index (χ4n) is 3.96. The van der Waals surface area contributed by atoms with Gasteiger partial charge in [-0.15, -0.1) is 0 Å².